The topological polar surface area (TPSA) is 85.6 Å². The van der Waals surface area contributed by atoms with Crippen LogP contribution in [0.4, 0.5) is 0 Å². The third-order valence-electron chi connectivity index (χ3n) is 2.50. The maximum atomic E-state index is 12.0. The van der Waals surface area contributed by atoms with Gasteiger partial charge in [-0.1, -0.05) is 0 Å². The van der Waals surface area contributed by atoms with Crippen molar-refractivity contribution in [2.45, 2.75) is 0 Å². The van der Waals surface area contributed by atoms with Gasteiger partial charge >= 0.3 is 5.97 Å². The highest BCUT2D eigenvalue weighted by Crippen LogP contribution is 2.28. The average Bonchev–Trinajstić information content (AvgIpc) is 2.46. The van der Waals surface area contributed by atoms with Crippen LogP contribution in [0.3, 0.4) is 0 Å². The lowest BCUT2D eigenvalue weighted by atomic mass is 9.98. The number of hydrogen-bond donors (Lipinski definition) is 0. The molecule has 1 unspecified atom stereocenters. The minimum atomic E-state index is -1.48. The number of nitriles is 1. The summed E-state index contributed by atoms with van der Waals surface area (Å²) in [5.74, 6) is -2.22. The molecular formula is C13H13NO5. The third kappa shape index (κ3) is 3.01. The Labute approximate surface area is 110 Å². The molecule has 100 valence electrons. The van der Waals surface area contributed by atoms with Gasteiger partial charge in [-0.3, -0.25) is 9.59 Å². The molecule has 0 amide bonds. The fourth-order valence-electron chi connectivity index (χ4n) is 1.49. The first-order chi connectivity index (χ1) is 9.08. The first kappa shape index (κ1) is 14.5. The minimum Gasteiger partial charge on any atom is -0.493 e. The molecule has 0 heterocycles. The number of ketones is 1. The number of Topliss-reactive ketones (excluding diaryl/α,β-unsaturated/α-hetero) is 1. The van der Waals surface area contributed by atoms with Gasteiger partial charge in [0.05, 0.1) is 27.4 Å². The molecule has 0 saturated carbocycles. The molecule has 0 fully saturated rings. The van der Waals surface area contributed by atoms with Crippen molar-refractivity contribution < 1.29 is 23.8 Å². The zero-order valence-corrected chi connectivity index (χ0v) is 10.8. The lowest BCUT2D eigenvalue weighted by Crippen LogP contribution is -2.24. The summed E-state index contributed by atoms with van der Waals surface area (Å²) in [6, 6.07) is 6.01. The predicted octanol–water partition coefficient (Wildman–Crippen LogP) is 1.20. The van der Waals surface area contributed by atoms with Gasteiger partial charge in [-0.2, -0.15) is 5.26 Å². The third-order valence-corrected chi connectivity index (χ3v) is 2.50. The van der Waals surface area contributed by atoms with E-state index in [1.54, 1.807) is 6.07 Å². The Hall–Kier alpha value is -2.55. The Morgan fingerprint density at radius 2 is 1.79 bits per heavy atom. The fraction of sp³-hybridized carbons (Fsp3) is 0.308. The molecule has 0 spiro atoms. The van der Waals surface area contributed by atoms with Crippen LogP contribution >= 0.6 is 0 Å². The fourth-order valence-corrected chi connectivity index (χ4v) is 1.49. The molecule has 1 atom stereocenters. The van der Waals surface area contributed by atoms with Gasteiger partial charge in [-0.05, 0) is 18.2 Å². The Bertz CT molecular complexity index is 532. The van der Waals surface area contributed by atoms with E-state index in [0.29, 0.717) is 11.5 Å². The molecule has 6 nitrogen and oxygen atoms in total. The van der Waals surface area contributed by atoms with E-state index in [1.165, 1.54) is 32.4 Å². The Balaban J connectivity index is 3.13. The van der Waals surface area contributed by atoms with Crippen molar-refractivity contribution in [2.75, 3.05) is 21.3 Å². The molecule has 0 aromatic heterocycles. The Morgan fingerprint density at radius 1 is 1.16 bits per heavy atom. The van der Waals surface area contributed by atoms with Gasteiger partial charge < -0.3 is 14.2 Å². The van der Waals surface area contributed by atoms with E-state index in [0.717, 1.165) is 7.11 Å². The average molecular weight is 263 g/mol. The van der Waals surface area contributed by atoms with Crippen LogP contribution in [-0.2, 0) is 9.53 Å². The van der Waals surface area contributed by atoms with Crippen LogP contribution in [0, 0.1) is 17.2 Å². The molecule has 0 aliphatic heterocycles. The number of benzene rings is 1. The first-order valence-corrected chi connectivity index (χ1v) is 5.32. The highest BCUT2D eigenvalue weighted by molar-refractivity contribution is 6.10. The van der Waals surface area contributed by atoms with Crippen LogP contribution in [0.25, 0.3) is 0 Å². The van der Waals surface area contributed by atoms with Gasteiger partial charge in [0.15, 0.2) is 17.3 Å². The predicted molar refractivity (Wildman–Crippen MR) is 65.0 cm³/mol. The van der Waals surface area contributed by atoms with E-state index in [2.05, 4.69) is 4.74 Å². The summed E-state index contributed by atoms with van der Waals surface area (Å²) < 4.78 is 14.5. The van der Waals surface area contributed by atoms with E-state index in [1.807, 2.05) is 0 Å². The number of carbonyl (C=O) groups is 2. The Kier molecular flexibility index (Phi) is 4.89. The number of esters is 1. The maximum absolute atomic E-state index is 12.0. The highest BCUT2D eigenvalue weighted by atomic mass is 16.5. The van der Waals surface area contributed by atoms with Crippen molar-refractivity contribution in [1.82, 2.24) is 0 Å². The van der Waals surface area contributed by atoms with Crippen LogP contribution in [0.2, 0.25) is 0 Å². The van der Waals surface area contributed by atoms with Gasteiger partial charge in [0, 0.05) is 5.56 Å². The SMILES string of the molecule is COC(=O)C(C#N)C(=O)c1ccc(OC)c(OC)c1. The number of carbonyl (C=O) groups excluding carboxylic acids is 2. The van der Waals surface area contributed by atoms with Gasteiger partial charge in [0.1, 0.15) is 0 Å². The van der Waals surface area contributed by atoms with Gasteiger partial charge in [0.2, 0.25) is 5.92 Å². The van der Waals surface area contributed by atoms with Crippen molar-refractivity contribution >= 4 is 11.8 Å². The van der Waals surface area contributed by atoms with Crippen molar-refractivity contribution in [2.24, 2.45) is 5.92 Å². The molecule has 0 bridgehead atoms. The summed E-state index contributed by atoms with van der Waals surface area (Å²) >= 11 is 0. The largest absolute Gasteiger partial charge is 0.493 e. The Morgan fingerprint density at radius 3 is 2.26 bits per heavy atom. The number of methoxy groups -OCH3 is 3. The smallest absolute Gasteiger partial charge is 0.331 e. The molecule has 6 heteroatoms. The molecule has 0 aliphatic carbocycles. The van der Waals surface area contributed by atoms with Crippen LogP contribution in [-0.4, -0.2) is 33.1 Å². The highest BCUT2D eigenvalue weighted by Gasteiger charge is 2.29. The van der Waals surface area contributed by atoms with E-state index in [-0.39, 0.29) is 5.56 Å². The molecule has 1 aromatic rings. The zero-order chi connectivity index (χ0) is 14.4. The molecule has 0 aliphatic rings. The minimum absolute atomic E-state index is 0.176. The van der Waals surface area contributed by atoms with Crippen molar-refractivity contribution in [1.29, 1.82) is 5.26 Å². The van der Waals surface area contributed by atoms with Crippen molar-refractivity contribution in [3.8, 4) is 17.6 Å². The van der Waals surface area contributed by atoms with Crippen LogP contribution in [0.1, 0.15) is 10.4 Å². The number of nitrogens with zero attached hydrogens (tertiary/aromatic N) is 1. The second-order valence-electron chi connectivity index (χ2n) is 3.52. The maximum Gasteiger partial charge on any atom is 0.331 e. The van der Waals surface area contributed by atoms with Crippen LogP contribution in [0.5, 0.6) is 11.5 Å². The standard InChI is InChI=1S/C13H13NO5/c1-17-10-5-4-8(6-11(10)18-2)12(15)9(7-14)13(16)19-3/h4-6,9H,1-3H3. The van der Waals surface area contributed by atoms with E-state index >= 15 is 0 Å². The number of rotatable bonds is 5. The number of hydrogen-bond acceptors (Lipinski definition) is 6. The van der Waals surface area contributed by atoms with Gasteiger partial charge in [0.25, 0.3) is 0 Å². The quantitative estimate of drug-likeness (QED) is 0.450. The van der Waals surface area contributed by atoms with Gasteiger partial charge in [-0.15, -0.1) is 0 Å². The zero-order valence-electron chi connectivity index (χ0n) is 10.8. The molecule has 0 saturated heterocycles. The molecule has 0 N–H and O–H groups in total. The summed E-state index contributed by atoms with van der Waals surface area (Å²) in [4.78, 5) is 23.3. The van der Waals surface area contributed by atoms with E-state index in [9.17, 15) is 9.59 Å². The monoisotopic (exact) mass is 263 g/mol. The molecule has 19 heavy (non-hydrogen) atoms. The summed E-state index contributed by atoms with van der Waals surface area (Å²) in [6.07, 6.45) is 0. The second kappa shape index (κ2) is 6.40. The summed E-state index contributed by atoms with van der Waals surface area (Å²) in [6.45, 7) is 0. The number of ether oxygens (including phenoxy) is 3. The summed E-state index contributed by atoms with van der Waals surface area (Å²) in [7, 11) is 4.01. The van der Waals surface area contributed by atoms with E-state index in [4.69, 9.17) is 14.7 Å². The molecule has 1 rings (SSSR count). The normalized spacial score (nSPS) is 11.1. The molecule has 1 aromatic carbocycles. The van der Waals surface area contributed by atoms with Crippen LogP contribution < -0.4 is 9.47 Å². The summed E-state index contributed by atoms with van der Waals surface area (Å²) in [5.41, 5.74) is 0.176. The van der Waals surface area contributed by atoms with Gasteiger partial charge in [-0.25, -0.2) is 0 Å². The summed E-state index contributed by atoms with van der Waals surface area (Å²) in [5, 5.41) is 8.86. The van der Waals surface area contributed by atoms with E-state index < -0.39 is 17.7 Å². The van der Waals surface area contributed by atoms with Crippen molar-refractivity contribution in [3.05, 3.63) is 23.8 Å². The molecule has 0 radical (unpaired) electrons. The second-order valence-corrected chi connectivity index (χ2v) is 3.52. The lowest BCUT2D eigenvalue weighted by Gasteiger charge is -2.10. The van der Waals surface area contributed by atoms with Crippen molar-refractivity contribution in [3.63, 3.8) is 0 Å². The van der Waals surface area contributed by atoms with Crippen LogP contribution in [0.15, 0.2) is 18.2 Å². The molecular weight excluding hydrogens is 250 g/mol. The lowest BCUT2D eigenvalue weighted by molar-refractivity contribution is -0.141. The first-order valence-electron chi connectivity index (χ1n) is 5.32.